The number of benzene rings is 1. The van der Waals surface area contributed by atoms with E-state index in [-0.39, 0.29) is 0 Å². The summed E-state index contributed by atoms with van der Waals surface area (Å²) in [6, 6.07) is 7.12. The van der Waals surface area contributed by atoms with E-state index in [9.17, 15) is 0 Å². The highest BCUT2D eigenvalue weighted by Gasteiger charge is 2.15. The molecule has 2 N–H and O–H groups in total. The van der Waals surface area contributed by atoms with E-state index < -0.39 is 0 Å². The van der Waals surface area contributed by atoms with E-state index in [0.717, 1.165) is 21.6 Å². The van der Waals surface area contributed by atoms with Gasteiger partial charge in [-0.05, 0) is 66.9 Å². The van der Waals surface area contributed by atoms with Gasteiger partial charge in [0.25, 0.3) is 0 Å². The zero-order chi connectivity index (χ0) is 13.0. The molecule has 18 heavy (non-hydrogen) atoms. The second kappa shape index (κ2) is 6.78. The Labute approximate surface area is 123 Å². The maximum Gasteiger partial charge on any atom is 0.0568 e. The van der Waals surface area contributed by atoms with Crippen LogP contribution in [0.15, 0.2) is 22.7 Å². The van der Waals surface area contributed by atoms with Gasteiger partial charge in [-0.1, -0.05) is 18.0 Å². The van der Waals surface area contributed by atoms with Gasteiger partial charge in [-0.25, -0.2) is 0 Å². The first-order valence-electron chi connectivity index (χ1n) is 6.60. The van der Waals surface area contributed by atoms with Crippen LogP contribution in [0.5, 0.6) is 0 Å². The summed E-state index contributed by atoms with van der Waals surface area (Å²) >= 11 is 9.50. The standard InChI is InChI=1S/C14H20BrClN2/c1-10(8-11-4-2-3-7-17-11)18-12-5-6-13(15)14(16)9-12/h5-6,9-11,17-18H,2-4,7-8H2,1H3. The second-order valence-electron chi connectivity index (χ2n) is 5.06. The Morgan fingerprint density at radius 1 is 1.50 bits per heavy atom. The molecule has 2 nitrogen and oxygen atoms in total. The molecule has 1 aromatic rings. The predicted molar refractivity (Wildman–Crippen MR) is 82.5 cm³/mol. The fourth-order valence-corrected chi connectivity index (χ4v) is 2.91. The molecule has 1 fully saturated rings. The summed E-state index contributed by atoms with van der Waals surface area (Å²) < 4.78 is 0.941. The highest BCUT2D eigenvalue weighted by atomic mass is 79.9. The molecule has 1 aromatic carbocycles. The van der Waals surface area contributed by atoms with Crippen molar-refractivity contribution in [1.29, 1.82) is 0 Å². The Bertz CT molecular complexity index is 391. The highest BCUT2D eigenvalue weighted by molar-refractivity contribution is 9.10. The molecule has 4 heteroatoms. The van der Waals surface area contributed by atoms with Gasteiger partial charge in [-0.15, -0.1) is 0 Å². The zero-order valence-corrected chi connectivity index (χ0v) is 13.0. The average Bonchev–Trinajstić information content (AvgIpc) is 2.35. The van der Waals surface area contributed by atoms with Crippen LogP contribution in [0.1, 0.15) is 32.6 Å². The Balaban J connectivity index is 1.85. The van der Waals surface area contributed by atoms with Crippen LogP contribution in [-0.2, 0) is 0 Å². The Morgan fingerprint density at radius 2 is 2.33 bits per heavy atom. The molecule has 0 aromatic heterocycles. The molecule has 2 unspecified atom stereocenters. The molecule has 0 bridgehead atoms. The molecule has 1 aliphatic rings. The van der Waals surface area contributed by atoms with E-state index in [4.69, 9.17) is 11.6 Å². The van der Waals surface area contributed by atoms with E-state index >= 15 is 0 Å². The van der Waals surface area contributed by atoms with E-state index in [1.54, 1.807) is 0 Å². The summed E-state index contributed by atoms with van der Waals surface area (Å²) in [6.07, 6.45) is 5.13. The highest BCUT2D eigenvalue weighted by Crippen LogP contribution is 2.26. The molecule has 2 rings (SSSR count). The van der Waals surface area contributed by atoms with E-state index in [1.807, 2.05) is 12.1 Å². The lowest BCUT2D eigenvalue weighted by Gasteiger charge is -2.27. The van der Waals surface area contributed by atoms with Gasteiger partial charge in [-0.2, -0.15) is 0 Å². The SMILES string of the molecule is CC(CC1CCCCN1)Nc1ccc(Br)c(Cl)c1. The van der Waals surface area contributed by atoms with Crippen LogP contribution in [0.4, 0.5) is 5.69 Å². The quantitative estimate of drug-likeness (QED) is 0.852. The van der Waals surface area contributed by atoms with Crippen LogP contribution in [0, 0.1) is 0 Å². The molecule has 0 radical (unpaired) electrons. The van der Waals surface area contributed by atoms with Gasteiger partial charge < -0.3 is 10.6 Å². The summed E-state index contributed by atoms with van der Waals surface area (Å²) in [7, 11) is 0. The maximum atomic E-state index is 6.09. The van der Waals surface area contributed by atoms with Crippen LogP contribution >= 0.6 is 27.5 Å². The fraction of sp³-hybridized carbons (Fsp3) is 0.571. The molecule has 1 saturated heterocycles. The van der Waals surface area contributed by atoms with Crippen LogP contribution in [0.25, 0.3) is 0 Å². The Hall–Kier alpha value is -0.250. The van der Waals surface area contributed by atoms with Crippen molar-refractivity contribution in [3.05, 3.63) is 27.7 Å². The monoisotopic (exact) mass is 330 g/mol. The van der Waals surface area contributed by atoms with Crippen LogP contribution < -0.4 is 10.6 Å². The van der Waals surface area contributed by atoms with E-state index in [2.05, 4.69) is 39.6 Å². The summed E-state index contributed by atoms with van der Waals surface area (Å²) in [5, 5.41) is 7.85. The largest absolute Gasteiger partial charge is 0.382 e. The molecule has 0 aliphatic carbocycles. The summed E-state index contributed by atoms with van der Waals surface area (Å²) in [5.41, 5.74) is 1.09. The number of nitrogens with one attached hydrogen (secondary N) is 2. The van der Waals surface area contributed by atoms with Crippen molar-refractivity contribution in [2.45, 2.75) is 44.7 Å². The minimum absolute atomic E-state index is 0.456. The molecule has 0 amide bonds. The molecule has 1 aliphatic heterocycles. The van der Waals surface area contributed by atoms with Crippen LogP contribution in [0.3, 0.4) is 0 Å². The number of anilines is 1. The number of hydrogen-bond donors (Lipinski definition) is 2. The van der Waals surface area contributed by atoms with Gasteiger partial charge in [0.1, 0.15) is 0 Å². The van der Waals surface area contributed by atoms with Gasteiger partial charge >= 0.3 is 0 Å². The topological polar surface area (TPSA) is 24.1 Å². The maximum absolute atomic E-state index is 6.09. The van der Waals surface area contributed by atoms with Gasteiger partial charge in [-0.3, -0.25) is 0 Å². The lowest BCUT2D eigenvalue weighted by Crippen LogP contribution is -2.37. The third-order valence-corrected chi connectivity index (χ3v) is 4.62. The van der Waals surface area contributed by atoms with Crippen molar-refractivity contribution < 1.29 is 0 Å². The van der Waals surface area contributed by atoms with Crippen LogP contribution in [0.2, 0.25) is 5.02 Å². The Morgan fingerprint density at radius 3 is 3.00 bits per heavy atom. The van der Waals surface area contributed by atoms with E-state index in [1.165, 1.54) is 25.8 Å². The second-order valence-corrected chi connectivity index (χ2v) is 6.32. The third-order valence-electron chi connectivity index (χ3n) is 3.38. The van der Waals surface area contributed by atoms with Gasteiger partial charge in [0.05, 0.1) is 5.02 Å². The first-order chi connectivity index (χ1) is 8.65. The van der Waals surface area contributed by atoms with Gasteiger partial charge in [0.15, 0.2) is 0 Å². The predicted octanol–water partition coefficient (Wildman–Crippen LogP) is 4.44. The first kappa shape index (κ1) is 14.2. The molecular formula is C14H20BrClN2. The van der Waals surface area contributed by atoms with E-state index in [0.29, 0.717) is 12.1 Å². The molecular weight excluding hydrogens is 312 g/mol. The van der Waals surface area contributed by atoms with Crippen molar-refractivity contribution in [2.75, 3.05) is 11.9 Å². The zero-order valence-electron chi connectivity index (χ0n) is 10.7. The molecule has 0 saturated carbocycles. The smallest absolute Gasteiger partial charge is 0.0568 e. The van der Waals surface area contributed by atoms with Crippen molar-refractivity contribution in [2.24, 2.45) is 0 Å². The lowest BCUT2D eigenvalue weighted by molar-refractivity contribution is 0.371. The van der Waals surface area contributed by atoms with Crippen molar-refractivity contribution in [3.8, 4) is 0 Å². The number of hydrogen-bond acceptors (Lipinski definition) is 2. The third kappa shape index (κ3) is 4.15. The fourth-order valence-electron chi connectivity index (χ4n) is 2.48. The van der Waals surface area contributed by atoms with Crippen molar-refractivity contribution in [3.63, 3.8) is 0 Å². The van der Waals surface area contributed by atoms with Crippen molar-refractivity contribution >= 4 is 33.2 Å². The Kier molecular flexibility index (Phi) is 5.34. The van der Waals surface area contributed by atoms with Crippen LogP contribution in [-0.4, -0.2) is 18.6 Å². The number of rotatable bonds is 4. The molecule has 0 spiro atoms. The lowest BCUT2D eigenvalue weighted by atomic mass is 9.99. The molecule has 100 valence electrons. The van der Waals surface area contributed by atoms with Crippen molar-refractivity contribution in [1.82, 2.24) is 5.32 Å². The molecule has 1 heterocycles. The summed E-state index contributed by atoms with van der Waals surface area (Å²) in [4.78, 5) is 0. The summed E-state index contributed by atoms with van der Waals surface area (Å²) in [6.45, 7) is 3.40. The van der Waals surface area contributed by atoms with Gasteiger partial charge in [0.2, 0.25) is 0 Å². The van der Waals surface area contributed by atoms with Gasteiger partial charge in [0, 0.05) is 22.2 Å². The first-order valence-corrected chi connectivity index (χ1v) is 7.77. The minimum atomic E-state index is 0.456. The number of piperidine rings is 1. The average molecular weight is 332 g/mol. The minimum Gasteiger partial charge on any atom is -0.382 e. The normalized spacial score (nSPS) is 21.6. The number of halogens is 2. The molecule has 2 atom stereocenters. The summed E-state index contributed by atoms with van der Waals surface area (Å²) in [5.74, 6) is 0.